The number of nitrogens with zero attached hydrogens (tertiary/aromatic N) is 2. The van der Waals surface area contributed by atoms with E-state index in [1.807, 2.05) is 0 Å². The molecule has 0 saturated carbocycles. The highest BCUT2D eigenvalue weighted by Crippen LogP contribution is 2.33. The van der Waals surface area contributed by atoms with E-state index in [1.165, 1.54) is 6.07 Å². The molecule has 0 N–H and O–H groups in total. The number of alkyl halides is 2. The molecule has 1 aromatic rings. The van der Waals surface area contributed by atoms with Crippen LogP contribution in [0.25, 0.3) is 0 Å². The summed E-state index contributed by atoms with van der Waals surface area (Å²) in [6.07, 6.45) is -3.13. The first-order valence-electron chi connectivity index (χ1n) is 3.60. The van der Waals surface area contributed by atoms with Gasteiger partial charge >= 0.3 is 0 Å². The first kappa shape index (κ1) is 13.1. The molecule has 0 unspecified atom stereocenters. The monoisotopic (exact) mass is 286 g/mol. The lowest BCUT2D eigenvalue weighted by Gasteiger charge is -2.07. The Hall–Kier alpha value is -0.970. The van der Waals surface area contributed by atoms with Gasteiger partial charge in [0.15, 0.2) is 5.15 Å². The Morgan fingerprint density at radius 3 is 2.44 bits per heavy atom. The topological polar surface area (TPSA) is 70.8 Å². The predicted molar refractivity (Wildman–Crippen MR) is 52.0 cm³/mol. The van der Waals surface area contributed by atoms with Crippen molar-refractivity contribution in [2.24, 2.45) is 0 Å². The van der Waals surface area contributed by atoms with E-state index in [1.54, 1.807) is 0 Å². The largest absolute Gasteiger partial charge is 0.265 e. The second kappa shape index (κ2) is 4.49. The molecule has 9 heteroatoms. The number of hydrogen-bond acceptors (Lipinski definition) is 4. The van der Waals surface area contributed by atoms with Gasteiger partial charge in [-0.2, -0.15) is 5.26 Å². The van der Waals surface area contributed by atoms with Crippen molar-refractivity contribution in [1.29, 1.82) is 5.26 Å². The second-order valence-corrected chi connectivity index (χ2v) is 5.43. The molecule has 0 fully saturated rings. The molecule has 0 saturated heterocycles. The van der Waals surface area contributed by atoms with Gasteiger partial charge in [-0.1, -0.05) is 11.6 Å². The van der Waals surface area contributed by atoms with Gasteiger partial charge in [-0.05, 0) is 6.07 Å². The standard InChI is InChI=1S/C7H2Cl2F2N2O2S/c8-6-5(16(9,14)15)4(7(10)11)1-3(2-12)13-6/h1,7H. The van der Waals surface area contributed by atoms with Gasteiger partial charge in [0.05, 0.1) is 0 Å². The Balaban J connectivity index is 3.68. The van der Waals surface area contributed by atoms with Gasteiger partial charge in [0.1, 0.15) is 16.7 Å². The fourth-order valence-corrected chi connectivity index (χ4v) is 2.77. The highest BCUT2D eigenvalue weighted by atomic mass is 35.7. The third-order valence-corrected chi connectivity index (χ3v) is 3.32. The minimum Gasteiger partial charge on any atom is -0.224 e. The summed E-state index contributed by atoms with van der Waals surface area (Å²) in [5.74, 6) is 0. The van der Waals surface area contributed by atoms with Crippen molar-refractivity contribution < 1.29 is 17.2 Å². The molecule has 86 valence electrons. The SMILES string of the molecule is N#Cc1cc(C(F)F)c(S(=O)(=O)Cl)c(Cl)n1. The highest BCUT2D eigenvalue weighted by molar-refractivity contribution is 8.13. The number of aromatic nitrogens is 1. The molecular formula is C7H2Cl2F2N2O2S. The summed E-state index contributed by atoms with van der Waals surface area (Å²) in [6, 6.07) is 2.11. The van der Waals surface area contributed by atoms with Crippen molar-refractivity contribution in [3.05, 3.63) is 22.5 Å². The minimum atomic E-state index is -4.45. The van der Waals surface area contributed by atoms with Crippen molar-refractivity contribution in [2.75, 3.05) is 0 Å². The molecule has 0 aliphatic heterocycles. The van der Waals surface area contributed by atoms with E-state index < -0.39 is 36.8 Å². The number of rotatable bonds is 2. The van der Waals surface area contributed by atoms with Crippen LogP contribution in [-0.4, -0.2) is 13.4 Å². The summed E-state index contributed by atoms with van der Waals surface area (Å²) >= 11 is 5.38. The third kappa shape index (κ3) is 2.58. The first-order chi connectivity index (χ1) is 7.27. The number of pyridine rings is 1. The van der Waals surface area contributed by atoms with Crippen LogP contribution in [0.1, 0.15) is 17.7 Å². The van der Waals surface area contributed by atoms with E-state index in [4.69, 9.17) is 27.5 Å². The molecule has 16 heavy (non-hydrogen) atoms. The zero-order valence-corrected chi connectivity index (χ0v) is 9.61. The average molecular weight is 287 g/mol. The van der Waals surface area contributed by atoms with E-state index in [2.05, 4.69) is 4.98 Å². The van der Waals surface area contributed by atoms with Gasteiger partial charge in [-0.25, -0.2) is 22.2 Å². The maximum atomic E-state index is 12.5. The van der Waals surface area contributed by atoms with Crippen LogP contribution in [0.3, 0.4) is 0 Å². The quantitative estimate of drug-likeness (QED) is 0.618. The van der Waals surface area contributed by atoms with Crippen LogP contribution < -0.4 is 0 Å². The smallest absolute Gasteiger partial charge is 0.224 e. The molecule has 1 heterocycles. The van der Waals surface area contributed by atoms with Crippen molar-refractivity contribution in [3.8, 4) is 6.07 Å². The molecule has 0 spiro atoms. The molecule has 0 amide bonds. The summed E-state index contributed by atoms with van der Waals surface area (Å²) in [6.45, 7) is 0. The Morgan fingerprint density at radius 1 is 1.50 bits per heavy atom. The molecule has 0 atom stereocenters. The fraction of sp³-hybridized carbons (Fsp3) is 0.143. The minimum absolute atomic E-state index is 0.413. The Kier molecular flexibility index (Phi) is 3.68. The zero-order valence-electron chi connectivity index (χ0n) is 7.29. The molecule has 0 aromatic carbocycles. The molecular weight excluding hydrogens is 285 g/mol. The lowest BCUT2D eigenvalue weighted by Crippen LogP contribution is -2.03. The summed E-state index contributed by atoms with van der Waals surface area (Å²) in [4.78, 5) is 2.34. The summed E-state index contributed by atoms with van der Waals surface area (Å²) in [5, 5.41) is 7.72. The lowest BCUT2D eigenvalue weighted by atomic mass is 10.2. The van der Waals surface area contributed by atoms with Crippen LogP contribution in [0.5, 0.6) is 0 Å². The van der Waals surface area contributed by atoms with Gasteiger partial charge in [-0.3, -0.25) is 0 Å². The normalized spacial score (nSPS) is 11.5. The lowest BCUT2D eigenvalue weighted by molar-refractivity contribution is 0.148. The highest BCUT2D eigenvalue weighted by Gasteiger charge is 2.27. The van der Waals surface area contributed by atoms with Gasteiger partial charge in [-0.15, -0.1) is 0 Å². The van der Waals surface area contributed by atoms with Crippen LogP contribution in [0.4, 0.5) is 8.78 Å². The second-order valence-electron chi connectivity index (χ2n) is 2.57. The first-order valence-corrected chi connectivity index (χ1v) is 6.29. The van der Waals surface area contributed by atoms with E-state index in [0.717, 1.165) is 0 Å². The van der Waals surface area contributed by atoms with E-state index in [9.17, 15) is 17.2 Å². The van der Waals surface area contributed by atoms with Gasteiger partial charge in [0, 0.05) is 16.2 Å². The fourth-order valence-electron chi connectivity index (χ4n) is 0.981. The summed E-state index contributed by atoms with van der Waals surface area (Å²) in [5.41, 5.74) is -1.35. The Morgan fingerprint density at radius 2 is 2.06 bits per heavy atom. The maximum Gasteiger partial charge on any atom is 0.265 e. The Labute approximate surface area is 98.8 Å². The van der Waals surface area contributed by atoms with Crippen LogP contribution in [0.2, 0.25) is 5.15 Å². The number of nitriles is 1. The summed E-state index contributed by atoms with van der Waals surface area (Å²) < 4.78 is 47.1. The molecule has 1 aromatic heterocycles. The van der Waals surface area contributed by atoms with Crippen molar-refractivity contribution in [3.63, 3.8) is 0 Å². The van der Waals surface area contributed by atoms with E-state index in [-0.39, 0.29) is 0 Å². The molecule has 0 aliphatic rings. The van der Waals surface area contributed by atoms with Gasteiger partial charge in [0.25, 0.3) is 15.5 Å². The van der Waals surface area contributed by atoms with Crippen LogP contribution in [0, 0.1) is 11.3 Å². The molecule has 4 nitrogen and oxygen atoms in total. The molecule has 0 aliphatic carbocycles. The van der Waals surface area contributed by atoms with E-state index in [0.29, 0.717) is 6.07 Å². The summed E-state index contributed by atoms with van der Waals surface area (Å²) in [7, 11) is 0.494. The van der Waals surface area contributed by atoms with E-state index >= 15 is 0 Å². The molecule has 1 rings (SSSR count). The number of halogens is 4. The van der Waals surface area contributed by atoms with Crippen LogP contribution in [-0.2, 0) is 9.05 Å². The number of hydrogen-bond donors (Lipinski definition) is 0. The maximum absolute atomic E-state index is 12.5. The van der Waals surface area contributed by atoms with Crippen molar-refractivity contribution >= 4 is 31.3 Å². The third-order valence-electron chi connectivity index (χ3n) is 1.55. The van der Waals surface area contributed by atoms with Gasteiger partial charge < -0.3 is 0 Å². The van der Waals surface area contributed by atoms with Crippen molar-refractivity contribution in [2.45, 2.75) is 11.3 Å². The molecule has 0 bridgehead atoms. The van der Waals surface area contributed by atoms with Crippen molar-refractivity contribution in [1.82, 2.24) is 4.98 Å². The zero-order chi connectivity index (χ0) is 12.5. The van der Waals surface area contributed by atoms with Gasteiger partial charge in [0.2, 0.25) is 0 Å². The van der Waals surface area contributed by atoms with Crippen LogP contribution >= 0.6 is 22.3 Å². The predicted octanol–water partition coefficient (Wildman–Crippen LogP) is 2.47. The van der Waals surface area contributed by atoms with Crippen LogP contribution in [0.15, 0.2) is 11.0 Å². The molecule has 0 radical (unpaired) electrons. The average Bonchev–Trinajstić information content (AvgIpc) is 2.14. The Bertz CT molecular complexity index is 568.